The highest BCUT2D eigenvalue weighted by Gasteiger charge is 2.31. The molecule has 2 heterocycles. The number of halogens is 2. The summed E-state index contributed by atoms with van der Waals surface area (Å²) in [5.41, 5.74) is 0. The Morgan fingerprint density at radius 2 is 1.68 bits per heavy atom. The summed E-state index contributed by atoms with van der Waals surface area (Å²) in [6.07, 6.45) is 0. The zero-order valence-corrected chi connectivity index (χ0v) is 18.8. The molecule has 8 nitrogen and oxygen atoms in total. The Morgan fingerprint density at radius 1 is 0.968 bits per heavy atom. The van der Waals surface area contributed by atoms with Crippen LogP contribution < -0.4 is 14.2 Å². The predicted octanol–water partition coefficient (Wildman–Crippen LogP) is 2.68. The number of benzene rings is 2. The van der Waals surface area contributed by atoms with Gasteiger partial charge in [-0.3, -0.25) is 4.79 Å². The number of hydrogen-bond acceptors (Lipinski definition) is 6. The molecular formula is C20H20Cl2N2O6S. The quantitative estimate of drug-likeness (QED) is 0.645. The molecule has 0 unspecified atom stereocenters. The maximum Gasteiger partial charge on any atom is 0.260 e. The van der Waals surface area contributed by atoms with Gasteiger partial charge in [-0.25, -0.2) is 8.42 Å². The van der Waals surface area contributed by atoms with E-state index in [0.29, 0.717) is 40.5 Å². The van der Waals surface area contributed by atoms with Crippen LogP contribution in [0.25, 0.3) is 0 Å². The van der Waals surface area contributed by atoms with Crippen LogP contribution in [0, 0.1) is 0 Å². The second kappa shape index (κ2) is 9.12. The Morgan fingerprint density at radius 3 is 2.39 bits per heavy atom. The van der Waals surface area contributed by atoms with Gasteiger partial charge in [0.05, 0.1) is 9.92 Å². The number of amides is 1. The third-order valence-electron chi connectivity index (χ3n) is 4.99. The number of carbonyl (C=O) groups excluding carboxylic acids is 1. The minimum absolute atomic E-state index is 0.136. The number of carbonyl (C=O) groups is 1. The first-order chi connectivity index (χ1) is 14.8. The van der Waals surface area contributed by atoms with E-state index in [1.54, 1.807) is 23.1 Å². The number of ether oxygens (including phenoxy) is 3. The van der Waals surface area contributed by atoms with Gasteiger partial charge in [0, 0.05) is 37.3 Å². The maximum absolute atomic E-state index is 13.0. The summed E-state index contributed by atoms with van der Waals surface area (Å²) in [5, 5.41) is 0.787. The monoisotopic (exact) mass is 486 g/mol. The van der Waals surface area contributed by atoms with Crippen molar-refractivity contribution in [2.75, 3.05) is 46.0 Å². The van der Waals surface area contributed by atoms with Crippen LogP contribution in [0.5, 0.6) is 17.2 Å². The third kappa shape index (κ3) is 4.85. The van der Waals surface area contributed by atoms with E-state index in [9.17, 15) is 13.2 Å². The summed E-state index contributed by atoms with van der Waals surface area (Å²) in [6.45, 7) is 1.51. The van der Waals surface area contributed by atoms with Gasteiger partial charge in [-0.1, -0.05) is 23.2 Å². The van der Waals surface area contributed by atoms with Crippen LogP contribution in [-0.4, -0.2) is 69.5 Å². The third-order valence-corrected chi connectivity index (χ3v) is 7.41. The summed E-state index contributed by atoms with van der Waals surface area (Å²) >= 11 is 11.9. The number of nitrogens with zero attached hydrogens (tertiary/aromatic N) is 2. The Kier molecular flexibility index (Phi) is 6.47. The summed E-state index contributed by atoms with van der Waals surface area (Å²) in [4.78, 5) is 14.2. The largest absolute Gasteiger partial charge is 0.486 e. The van der Waals surface area contributed by atoms with E-state index < -0.39 is 10.0 Å². The fourth-order valence-electron chi connectivity index (χ4n) is 3.33. The van der Waals surface area contributed by atoms with Crippen LogP contribution in [0.15, 0.2) is 41.3 Å². The minimum Gasteiger partial charge on any atom is -0.486 e. The van der Waals surface area contributed by atoms with Crippen LogP contribution in [0.2, 0.25) is 10.0 Å². The highest BCUT2D eigenvalue weighted by atomic mass is 35.5. The molecule has 31 heavy (non-hydrogen) atoms. The number of fused-ring (bicyclic) bond motifs is 1. The molecule has 0 aliphatic carbocycles. The van der Waals surface area contributed by atoms with Crippen LogP contribution >= 0.6 is 23.2 Å². The van der Waals surface area contributed by atoms with Crippen molar-refractivity contribution >= 4 is 39.1 Å². The Labute approximate surface area is 190 Å². The highest BCUT2D eigenvalue weighted by Crippen LogP contribution is 2.33. The molecule has 2 aliphatic heterocycles. The van der Waals surface area contributed by atoms with E-state index in [1.165, 1.54) is 22.5 Å². The molecule has 2 aromatic rings. The standard InChI is InChI=1S/C20H20Cl2N2O6S/c21-14-1-3-17(16(22)11-14)30-13-20(25)23-5-7-24(8-6-23)31(26,27)15-2-4-18-19(12-15)29-10-9-28-18/h1-4,11-12H,5-10,13H2. The van der Waals surface area contributed by atoms with Gasteiger partial charge in [-0.05, 0) is 30.3 Å². The van der Waals surface area contributed by atoms with Gasteiger partial charge in [0.15, 0.2) is 18.1 Å². The zero-order valence-electron chi connectivity index (χ0n) is 16.4. The van der Waals surface area contributed by atoms with Gasteiger partial charge in [-0.15, -0.1) is 0 Å². The van der Waals surface area contributed by atoms with Crippen molar-refractivity contribution in [1.29, 1.82) is 0 Å². The van der Waals surface area contributed by atoms with E-state index in [1.807, 2.05) is 0 Å². The van der Waals surface area contributed by atoms with Gasteiger partial charge in [0.1, 0.15) is 19.0 Å². The first-order valence-electron chi connectivity index (χ1n) is 9.60. The minimum atomic E-state index is -3.71. The topological polar surface area (TPSA) is 85.4 Å². The van der Waals surface area contributed by atoms with Crippen molar-refractivity contribution in [1.82, 2.24) is 9.21 Å². The van der Waals surface area contributed by atoms with Gasteiger partial charge in [0.25, 0.3) is 5.91 Å². The first kappa shape index (κ1) is 22.0. The number of rotatable bonds is 5. The average molecular weight is 487 g/mol. The summed E-state index contributed by atoms with van der Waals surface area (Å²) < 4.78 is 43.8. The number of hydrogen-bond donors (Lipinski definition) is 0. The van der Waals surface area contributed by atoms with Crippen molar-refractivity contribution in [3.05, 3.63) is 46.4 Å². The summed E-state index contributed by atoms with van der Waals surface area (Å²) in [6, 6.07) is 9.32. The van der Waals surface area contributed by atoms with E-state index >= 15 is 0 Å². The second-order valence-corrected chi connectivity index (χ2v) is 9.74. The molecule has 4 rings (SSSR count). The van der Waals surface area contributed by atoms with Crippen molar-refractivity contribution < 1.29 is 27.4 Å². The molecule has 1 amide bonds. The fourth-order valence-corrected chi connectivity index (χ4v) is 5.24. The Balaban J connectivity index is 1.35. The van der Waals surface area contributed by atoms with Crippen molar-refractivity contribution in [3.8, 4) is 17.2 Å². The van der Waals surface area contributed by atoms with Crippen LogP contribution in [0.4, 0.5) is 0 Å². The Hall–Kier alpha value is -2.20. The highest BCUT2D eigenvalue weighted by molar-refractivity contribution is 7.89. The lowest BCUT2D eigenvalue weighted by atomic mass is 10.3. The molecule has 0 saturated carbocycles. The van der Waals surface area contributed by atoms with E-state index in [0.717, 1.165) is 0 Å². The van der Waals surface area contributed by atoms with Crippen molar-refractivity contribution in [2.45, 2.75) is 4.90 Å². The van der Waals surface area contributed by atoms with Crippen molar-refractivity contribution in [2.24, 2.45) is 0 Å². The average Bonchev–Trinajstić information content (AvgIpc) is 2.78. The lowest BCUT2D eigenvalue weighted by molar-refractivity contribution is -0.134. The lowest BCUT2D eigenvalue weighted by Gasteiger charge is -2.34. The predicted molar refractivity (Wildman–Crippen MR) is 115 cm³/mol. The normalized spacial score (nSPS) is 16.8. The number of piperazine rings is 1. The molecule has 0 radical (unpaired) electrons. The van der Waals surface area contributed by atoms with E-state index in [2.05, 4.69) is 0 Å². The molecule has 0 N–H and O–H groups in total. The molecule has 0 bridgehead atoms. The summed E-state index contributed by atoms with van der Waals surface area (Å²) in [7, 11) is -3.71. The first-order valence-corrected chi connectivity index (χ1v) is 11.8. The SMILES string of the molecule is O=C(COc1ccc(Cl)cc1Cl)N1CCN(S(=O)(=O)c2ccc3c(c2)OCCO3)CC1. The molecular weight excluding hydrogens is 467 g/mol. The second-order valence-electron chi connectivity index (χ2n) is 6.95. The van der Waals surface area contributed by atoms with Crippen LogP contribution in [0.3, 0.4) is 0 Å². The Bertz CT molecular complexity index is 1090. The molecule has 2 aromatic carbocycles. The van der Waals surface area contributed by atoms with Gasteiger partial charge < -0.3 is 19.1 Å². The molecule has 0 spiro atoms. The molecule has 0 atom stereocenters. The van der Waals surface area contributed by atoms with Crippen molar-refractivity contribution in [3.63, 3.8) is 0 Å². The van der Waals surface area contributed by atoms with Gasteiger partial charge in [0.2, 0.25) is 10.0 Å². The number of sulfonamides is 1. The molecule has 1 saturated heterocycles. The van der Waals surface area contributed by atoms with E-state index in [4.69, 9.17) is 37.4 Å². The zero-order chi connectivity index (χ0) is 22.0. The smallest absolute Gasteiger partial charge is 0.260 e. The lowest BCUT2D eigenvalue weighted by Crippen LogP contribution is -2.51. The molecule has 11 heteroatoms. The molecule has 1 fully saturated rings. The summed E-state index contributed by atoms with van der Waals surface area (Å²) in [5.74, 6) is 1.06. The molecule has 0 aromatic heterocycles. The maximum atomic E-state index is 13.0. The molecule has 166 valence electrons. The van der Waals surface area contributed by atoms with Gasteiger partial charge in [-0.2, -0.15) is 4.31 Å². The van der Waals surface area contributed by atoms with Crippen LogP contribution in [-0.2, 0) is 14.8 Å². The fraction of sp³-hybridized carbons (Fsp3) is 0.350. The van der Waals surface area contributed by atoms with Crippen LogP contribution in [0.1, 0.15) is 0 Å². The molecule has 2 aliphatic rings. The van der Waals surface area contributed by atoms with Gasteiger partial charge >= 0.3 is 0 Å². The van der Waals surface area contributed by atoms with E-state index in [-0.39, 0.29) is 43.6 Å².